The van der Waals surface area contributed by atoms with Gasteiger partial charge in [0.1, 0.15) is 5.69 Å². The molecule has 1 N–H and O–H groups in total. The molecule has 7 nitrogen and oxygen atoms in total. The number of aryl methyl sites for hydroxylation is 1. The molecule has 2 aromatic rings. The van der Waals surface area contributed by atoms with Crippen LogP contribution in [0.3, 0.4) is 0 Å². The number of aromatic amines is 1. The second kappa shape index (κ2) is 8.48. The van der Waals surface area contributed by atoms with Crippen molar-refractivity contribution in [3.63, 3.8) is 0 Å². The Morgan fingerprint density at radius 1 is 1.18 bits per heavy atom. The molecule has 7 heteroatoms. The monoisotopic (exact) mass is 385 g/mol. The topological polar surface area (TPSA) is 74.9 Å². The zero-order chi connectivity index (χ0) is 20.3. The molecule has 28 heavy (non-hydrogen) atoms. The molecule has 0 spiro atoms. The summed E-state index contributed by atoms with van der Waals surface area (Å²) in [5.74, 6) is -0.598. The van der Waals surface area contributed by atoms with E-state index in [0.717, 1.165) is 31.9 Å². The molecule has 1 fully saturated rings. The smallest absolute Gasteiger partial charge is 0.339 e. The van der Waals surface area contributed by atoms with Crippen LogP contribution in [0.5, 0.6) is 0 Å². The van der Waals surface area contributed by atoms with Gasteiger partial charge in [-0.1, -0.05) is 12.1 Å². The summed E-state index contributed by atoms with van der Waals surface area (Å²) in [7, 11) is 3.09. The molecule has 1 amide bonds. The fourth-order valence-corrected chi connectivity index (χ4v) is 3.54. The highest BCUT2D eigenvalue weighted by atomic mass is 16.5. The van der Waals surface area contributed by atoms with E-state index < -0.39 is 5.97 Å². The minimum Gasteiger partial charge on any atom is -0.465 e. The standard InChI is InChI=1S/C21H27N3O4/c1-14-18(21(26)27-4)15(2)22-19(14)20(25)23(3)13-16-5-7-17(8-6-16)24-9-11-28-12-10-24/h5-8,22H,9-13H2,1-4H3. The molecular weight excluding hydrogens is 358 g/mol. The lowest BCUT2D eigenvalue weighted by Crippen LogP contribution is -2.36. The second-order valence-electron chi connectivity index (χ2n) is 7.04. The van der Waals surface area contributed by atoms with Crippen LogP contribution in [0.4, 0.5) is 5.69 Å². The molecule has 0 aliphatic carbocycles. The molecule has 150 valence electrons. The Morgan fingerprint density at radius 3 is 2.43 bits per heavy atom. The fourth-order valence-electron chi connectivity index (χ4n) is 3.54. The minimum atomic E-state index is -0.438. The quantitative estimate of drug-likeness (QED) is 0.801. The number of carbonyl (C=O) groups excluding carboxylic acids is 2. The van der Waals surface area contributed by atoms with E-state index in [9.17, 15) is 9.59 Å². The van der Waals surface area contributed by atoms with Crippen LogP contribution in [-0.4, -0.2) is 62.2 Å². The number of hydrogen-bond donors (Lipinski definition) is 1. The summed E-state index contributed by atoms with van der Waals surface area (Å²) in [4.78, 5) is 31.8. The number of nitrogens with one attached hydrogen (secondary N) is 1. The average Bonchev–Trinajstić information content (AvgIpc) is 3.02. The maximum absolute atomic E-state index is 12.9. The van der Waals surface area contributed by atoms with Crippen molar-refractivity contribution in [2.75, 3.05) is 45.4 Å². The minimum absolute atomic E-state index is 0.159. The average molecular weight is 385 g/mol. The Labute approximate surface area is 165 Å². The van der Waals surface area contributed by atoms with Gasteiger partial charge in [-0.3, -0.25) is 4.79 Å². The lowest BCUT2D eigenvalue weighted by Gasteiger charge is -2.29. The zero-order valence-electron chi connectivity index (χ0n) is 16.9. The maximum atomic E-state index is 12.9. The van der Waals surface area contributed by atoms with Gasteiger partial charge in [0.05, 0.1) is 25.9 Å². The van der Waals surface area contributed by atoms with Crippen LogP contribution in [0.2, 0.25) is 0 Å². The highest BCUT2D eigenvalue weighted by molar-refractivity contribution is 6.00. The molecule has 0 unspecified atom stereocenters. The van der Waals surface area contributed by atoms with Crippen LogP contribution in [0.1, 0.15) is 37.7 Å². The first-order chi connectivity index (χ1) is 13.4. The third kappa shape index (κ3) is 4.04. The van der Waals surface area contributed by atoms with Gasteiger partial charge in [0.2, 0.25) is 0 Å². The van der Waals surface area contributed by atoms with Crippen molar-refractivity contribution in [3.8, 4) is 0 Å². The van der Waals surface area contributed by atoms with Gasteiger partial charge in [0.25, 0.3) is 5.91 Å². The molecule has 1 aromatic heterocycles. The van der Waals surface area contributed by atoms with E-state index in [-0.39, 0.29) is 5.91 Å². The molecule has 1 aliphatic heterocycles. The first-order valence-corrected chi connectivity index (χ1v) is 9.37. The predicted octanol–water partition coefficient (Wildman–Crippen LogP) is 2.53. The van der Waals surface area contributed by atoms with Gasteiger partial charge in [-0.15, -0.1) is 0 Å². The summed E-state index contributed by atoms with van der Waals surface area (Å²) in [6.07, 6.45) is 0. The van der Waals surface area contributed by atoms with Gasteiger partial charge in [-0.25, -0.2) is 4.79 Å². The number of amides is 1. The Hall–Kier alpha value is -2.80. The molecular formula is C21H27N3O4. The number of methoxy groups -OCH3 is 1. The molecule has 1 aromatic carbocycles. The second-order valence-corrected chi connectivity index (χ2v) is 7.04. The van der Waals surface area contributed by atoms with E-state index in [1.54, 1.807) is 25.8 Å². The third-order valence-electron chi connectivity index (χ3n) is 5.12. The molecule has 1 aliphatic rings. The molecule has 0 atom stereocenters. The number of nitrogens with zero attached hydrogens (tertiary/aromatic N) is 2. The van der Waals surface area contributed by atoms with E-state index in [2.05, 4.69) is 22.0 Å². The van der Waals surface area contributed by atoms with E-state index in [4.69, 9.17) is 9.47 Å². The van der Waals surface area contributed by atoms with Crippen molar-refractivity contribution in [1.82, 2.24) is 9.88 Å². The lowest BCUT2D eigenvalue weighted by atomic mass is 10.1. The van der Waals surface area contributed by atoms with Gasteiger partial charge in [0.15, 0.2) is 0 Å². The molecule has 2 heterocycles. The normalized spacial score (nSPS) is 14.1. The maximum Gasteiger partial charge on any atom is 0.339 e. The van der Waals surface area contributed by atoms with Gasteiger partial charge in [-0.2, -0.15) is 0 Å². The van der Waals surface area contributed by atoms with Gasteiger partial charge < -0.3 is 24.3 Å². The predicted molar refractivity (Wildman–Crippen MR) is 107 cm³/mol. The van der Waals surface area contributed by atoms with Gasteiger partial charge in [-0.05, 0) is 37.1 Å². The highest BCUT2D eigenvalue weighted by Crippen LogP contribution is 2.21. The van der Waals surface area contributed by atoms with E-state index in [1.807, 2.05) is 12.1 Å². The first kappa shape index (κ1) is 19.9. The third-order valence-corrected chi connectivity index (χ3v) is 5.12. The number of hydrogen-bond acceptors (Lipinski definition) is 5. The van der Waals surface area contributed by atoms with E-state index in [0.29, 0.717) is 29.1 Å². The highest BCUT2D eigenvalue weighted by Gasteiger charge is 2.24. The summed E-state index contributed by atoms with van der Waals surface area (Å²) in [5, 5.41) is 0. The Bertz CT molecular complexity index is 851. The van der Waals surface area contributed by atoms with Crippen molar-refractivity contribution in [2.45, 2.75) is 20.4 Å². The van der Waals surface area contributed by atoms with E-state index in [1.165, 1.54) is 12.8 Å². The van der Waals surface area contributed by atoms with Gasteiger partial charge >= 0.3 is 5.97 Å². The number of aromatic nitrogens is 1. The first-order valence-electron chi connectivity index (χ1n) is 9.37. The molecule has 0 saturated carbocycles. The summed E-state index contributed by atoms with van der Waals surface area (Å²) in [6, 6.07) is 8.25. The summed E-state index contributed by atoms with van der Waals surface area (Å²) in [6.45, 7) is 7.29. The van der Waals surface area contributed by atoms with Crippen LogP contribution >= 0.6 is 0 Å². The number of ether oxygens (including phenoxy) is 2. The van der Waals surface area contributed by atoms with Crippen molar-refractivity contribution in [3.05, 3.63) is 52.3 Å². The summed E-state index contributed by atoms with van der Waals surface area (Å²) in [5.41, 5.74) is 4.31. The van der Waals surface area contributed by atoms with Crippen molar-refractivity contribution < 1.29 is 19.1 Å². The van der Waals surface area contributed by atoms with Crippen LogP contribution < -0.4 is 4.90 Å². The Balaban J connectivity index is 1.70. The van der Waals surface area contributed by atoms with Gasteiger partial charge in [0, 0.05) is 38.1 Å². The molecule has 1 saturated heterocycles. The summed E-state index contributed by atoms with van der Waals surface area (Å²) < 4.78 is 10.2. The largest absolute Gasteiger partial charge is 0.465 e. The number of esters is 1. The number of carbonyl (C=O) groups is 2. The molecule has 3 rings (SSSR count). The fraction of sp³-hybridized carbons (Fsp3) is 0.429. The van der Waals surface area contributed by atoms with Crippen LogP contribution in [0, 0.1) is 13.8 Å². The zero-order valence-corrected chi connectivity index (χ0v) is 16.9. The molecule has 0 bridgehead atoms. The number of morpholine rings is 1. The Kier molecular flexibility index (Phi) is 6.04. The summed E-state index contributed by atoms with van der Waals surface area (Å²) >= 11 is 0. The number of H-pyrrole nitrogens is 1. The number of anilines is 1. The van der Waals surface area contributed by atoms with Crippen molar-refractivity contribution in [2.24, 2.45) is 0 Å². The number of benzene rings is 1. The SMILES string of the molecule is COC(=O)c1c(C)[nH]c(C(=O)N(C)Cc2ccc(N3CCOCC3)cc2)c1C. The van der Waals surface area contributed by atoms with Crippen molar-refractivity contribution >= 4 is 17.6 Å². The van der Waals surface area contributed by atoms with Crippen LogP contribution in [0.15, 0.2) is 24.3 Å². The van der Waals surface area contributed by atoms with E-state index >= 15 is 0 Å². The van der Waals surface area contributed by atoms with Crippen LogP contribution in [-0.2, 0) is 16.0 Å². The van der Waals surface area contributed by atoms with Crippen molar-refractivity contribution in [1.29, 1.82) is 0 Å². The number of rotatable bonds is 5. The molecule has 0 radical (unpaired) electrons. The van der Waals surface area contributed by atoms with Crippen LogP contribution in [0.25, 0.3) is 0 Å². The lowest BCUT2D eigenvalue weighted by molar-refractivity contribution is 0.0599. The Morgan fingerprint density at radius 2 is 1.82 bits per heavy atom.